The van der Waals surface area contributed by atoms with Gasteiger partial charge in [-0.3, -0.25) is 9.59 Å². The van der Waals surface area contributed by atoms with Gasteiger partial charge >= 0.3 is 0 Å². The van der Waals surface area contributed by atoms with Gasteiger partial charge in [0.1, 0.15) is 5.75 Å². The zero-order chi connectivity index (χ0) is 16.8. The largest absolute Gasteiger partial charge is 0.493 e. The summed E-state index contributed by atoms with van der Waals surface area (Å²) in [7, 11) is 1.54. The summed E-state index contributed by atoms with van der Waals surface area (Å²) in [5.74, 6) is -0.114. The van der Waals surface area contributed by atoms with Gasteiger partial charge in [-0.15, -0.1) is 0 Å². The number of carbonyl (C=O) groups is 2. The Morgan fingerprint density at radius 3 is 2.52 bits per heavy atom. The summed E-state index contributed by atoms with van der Waals surface area (Å²) in [4.78, 5) is 24.5. The van der Waals surface area contributed by atoms with Gasteiger partial charge in [0.05, 0.1) is 23.4 Å². The van der Waals surface area contributed by atoms with E-state index in [1.165, 1.54) is 0 Å². The van der Waals surface area contributed by atoms with Crippen LogP contribution >= 0.6 is 15.9 Å². The van der Waals surface area contributed by atoms with Crippen molar-refractivity contribution in [3.63, 3.8) is 0 Å². The lowest BCUT2D eigenvalue weighted by molar-refractivity contribution is 0.0964. The number of para-hydroxylation sites is 1. The van der Waals surface area contributed by atoms with Gasteiger partial charge in [-0.05, 0) is 37.3 Å². The molecule has 0 saturated carbocycles. The van der Waals surface area contributed by atoms with Crippen molar-refractivity contribution in [2.24, 2.45) is 0 Å². The number of amides is 2. The number of rotatable bonds is 5. The average molecular weight is 377 g/mol. The van der Waals surface area contributed by atoms with E-state index in [0.29, 0.717) is 29.2 Å². The summed E-state index contributed by atoms with van der Waals surface area (Å²) >= 11 is 3.35. The van der Waals surface area contributed by atoms with E-state index >= 15 is 0 Å². The van der Waals surface area contributed by atoms with Gasteiger partial charge in [0.2, 0.25) is 0 Å². The molecule has 23 heavy (non-hydrogen) atoms. The quantitative estimate of drug-likeness (QED) is 0.839. The first kappa shape index (κ1) is 17.0. The molecule has 0 fully saturated rings. The fourth-order valence-corrected chi connectivity index (χ4v) is 2.44. The Morgan fingerprint density at radius 1 is 1.09 bits per heavy atom. The number of nitrogens with one attached hydrogen (secondary N) is 2. The SMILES string of the molecule is CCOc1ccc(Br)cc1C(=O)Nc1ccccc1C(=O)NC. The van der Waals surface area contributed by atoms with Gasteiger partial charge in [0.15, 0.2) is 0 Å². The molecule has 0 radical (unpaired) electrons. The number of carbonyl (C=O) groups excluding carboxylic acids is 2. The third-order valence-electron chi connectivity index (χ3n) is 3.13. The Balaban J connectivity index is 2.33. The zero-order valence-electron chi connectivity index (χ0n) is 12.9. The lowest BCUT2D eigenvalue weighted by Gasteiger charge is -2.13. The Hall–Kier alpha value is -2.34. The molecule has 120 valence electrons. The highest BCUT2D eigenvalue weighted by atomic mass is 79.9. The van der Waals surface area contributed by atoms with Crippen LogP contribution < -0.4 is 15.4 Å². The van der Waals surface area contributed by atoms with Crippen molar-refractivity contribution in [1.82, 2.24) is 5.32 Å². The molecule has 0 unspecified atom stereocenters. The van der Waals surface area contributed by atoms with Crippen LogP contribution in [0.2, 0.25) is 0 Å². The smallest absolute Gasteiger partial charge is 0.259 e. The number of hydrogen-bond donors (Lipinski definition) is 2. The monoisotopic (exact) mass is 376 g/mol. The second-order valence-electron chi connectivity index (χ2n) is 4.65. The fourth-order valence-electron chi connectivity index (χ4n) is 2.08. The molecule has 0 aliphatic carbocycles. The highest BCUT2D eigenvalue weighted by Crippen LogP contribution is 2.25. The molecule has 0 heterocycles. The molecule has 2 aromatic carbocycles. The minimum atomic E-state index is -0.342. The minimum Gasteiger partial charge on any atom is -0.493 e. The first-order chi connectivity index (χ1) is 11.1. The molecule has 0 aromatic heterocycles. The van der Waals surface area contributed by atoms with Crippen LogP contribution in [-0.2, 0) is 0 Å². The van der Waals surface area contributed by atoms with Crippen LogP contribution in [-0.4, -0.2) is 25.5 Å². The molecule has 5 nitrogen and oxygen atoms in total. The van der Waals surface area contributed by atoms with E-state index in [2.05, 4.69) is 26.6 Å². The molecule has 0 bridgehead atoms. The van der Waals surface area contributed by atoms with E-state index in [1.807, 2.05) is 6.92 Å². The number of hydrogen-bond acceptors (Lipinski definition) is 3. The van der Waals surface area contributed by atoms with Crippen molar-refractivity contribution in [3.05, 3.63) is 58.1 Å². The van der Waals surface area contributed by atoms with Crippen LogP contribution in [0.1, 0.15) is 27.6 Å². The normalized spacial score (nSPS) is 10.0. The summed E-state index contributed by atoms with van der Waals surface area (Å²) in [5.41, 5.74) is 1.24. The van der Waals surface area contributed by atoms with Crippen LogP contribution in [0, 0.1) is 0 Å². The number of anilines is 1. The molecule has 0 aliphatic heterocycles. The Kier molecular flexibility index (Phi) is 5.76. The molecule has 0 spiro atoms. The topological polar surface area (TPSA) is 67.4 Å². The number of halogens is 1. The Labute approximate surface area is 143 Å². The average Bonchev–Trinajstić information content (AvgIpc) is 2.56. The van der Waals surface area contributed by atoms with E-state index in [0.717, 1.165) is 4.47 Å². The van der Waals surface area contributed by atoms with Gasteiger partial charge in [-0.1, -0.05) is 28.1 Å². The maximum atomic E-state index is 12.6. The van der Waals surface area contributed by atoms with Crippen LogP contribution in [0.25, 0.3) is 0 Å². The highest BCUT2D eigenvalue weighted by Gasteiger charge is 2.16. The van der Waals surface area contributed by atoms with Crippen molar-refractivity contribution in [1.29, 1.82) is 0 Å². The molecule has 2 rings (SSSR count). The molecule has 0 aliphatic rings. The molecule has 0 saturated heterocycles. The van der Waals surface area contributed by atoms with E-state index < -0.39 is 0 Å². The maximum Gasteiger partial charge on any atom is 0.259 e. The van der Waals surface area contributed by atoms with Crippen LogP contribution in [0.5, 0.6) is 5.75 Å². The second kappa shape index (κ2) is 7.78. The van der Waals surface area contributed by atoms with Gasteiger partial charge in [-0.25, -0.2) is 0 Å². The predicted molar refractivity (Wildman–Crippen MR) is 93.1 cm³/mol. The summed E-state index contributed by atoms with van der Waals surface area (Å²) in [6.45, 7) is 2.31. The Bertz CT molecular complexity index is 732. The standard InChI is InChI=1S/C17H17BrN2O3/c1-3-23-15-9-8-11(18)10-13(15)17(22)20-14-7-5-4-6-12(14)16(21)19-2/h4-10H,3H2,1-2H3,(H,19,21)(H,20,22). The molecule has 6 heteroatoms. The van der Waals surface area contributed by atoms with E-state index in [-0.39, 0.29) is 11.8 Å². The lowest BCUT2D eigenvalue weighted by atomic mass is 10.1. The van der Waals surface area contributed by atoms with E-state index in [1.54, 1.807) is 49.5 Å². The third kappa shape index (κ3) is 4.10. The second-order valence-corrected chi connectivity index (χ2v) is 5.57. The summed E-state index contributed by atoms with van der Waals surface area (Å²) in [5, 5.41) is 5.32. The molecule has 2 amide bonds. The van der Waals surface area contributed by atoms with Crippen LogP contribution in [0.4, 0.5) is 5.69 Å². The van der Waals surface area contributed by atoms with Crippen molar-refractivity contribution in [2.75, 3.05) is 19.0 Å². The maximum absolute atomic E-state index is 12.6. The summed E-state index contributed by atoms with van der Waals surface area (Å²) < 4.78 is 6.26. The summed E-state index contributed by atoms with van der Waals surface area (Å²) in [6.07, 6.45) is 0. The van der Waals surface area contributed by atoms with Gasteiger partial charge in [0, 0.05) is 11.5 Å². The highest BCUT2D eigenvalue weighted by molar-refractivity contribution is 9.10. The Morgan fingerprint density at radius 2 is 1.83 bits per heavy atom. The number of ether oxygens (including phenoxy) is 1. The molecule has 0 atom stereocenters. The molecule has 2 aromatic rings. The molecule has 2 N–H and O–H groups in total. The van der Waals surface area contributed by atoms with Crippen molar-refractivity contribution in [2.45, 2.75) is 6.92 Å². The van der Waals surface area contributed by atoms with Gasteiger partial charge in [0.25, 0.3) is 11.8 Å². The van der Waals surface area contributed by atoms with Crippen LogP contribution in [0.15, 0.2) is 46.9 Å². The zero-order valence-corrected chi connectivity index (χ0v) is 14.4. The van der Waals surface area contributed by atoms with Crippen molar-refractivity contribution < 1.29 is 14.3 Å². The number of benzene rings is 2. The molecular weight excluding hydrogens is 360 g/mol. The molecular formula is C17H17BrN2O3. The first-order valence-electron chi connectivity index (χ1n) is 7.11. The van der Waals surface area contributed by atoms with Crippen molar-refractivity contribution in [3.8, 4) is 5.75 Å². The van der Waals surface area contributed by atoms with Gasteiger partial charge in [-0.2, -0.15) is 0 Å². The van der Waals surface area contributed by atoms with Crippen molar-refractivity contribution >= 4 is 33.4 Å². The fraction of sp³-hybridized carbons (Fsp3) is 0.176. The third-order valence-corrected chi connectivity index (χ3v) is 3.63. The van der Waals surface area contributed by atoms with E-state index in [9.17, 15) is 9.59 Å². The predicted octanol–water partition coefficient (Wildman–Crippen LogP) is 3.46. The van der Waals surface area contributed by atoms with E-state index in [4.69, 9.17) is 4.74 Å². The van der Waals surface area contributed by atoms with Gasteiger partial charge < -0.3 is 15.4 Å². The lowest BCUT2D eigenvalue weighted by Crippen LogP contribution is -2.21. The minimum absolute atomic E-state index is 0.264. The van der Waals surface area contributed by atoms with Crippen LogP contribution in [0.3, 0.4) is 0 Å². The summed E-state index contributed by atoms with van der Waals surface area (Å²) in [6, 6.07) is 12.0. The first-order valence-corrected chi connectivity index (χ1v) is 7.91.